The van der Waals surface area contributed by atoms with Crippen LogP contribution < -0.4 is 0 Å². The second-order valence-corrected chi connectivity index (χ2v) is 29.6. The van der Waals surface area contributed by atoms with Crippen molar-refractivity contribution in [2.45, 2.75) is 399 Å². The SMILES string of the molecule is CCCCCCCCCCCCCCC(O)CN(CCN(C)CCC(=O)N(C)CCN(C)C(=O)CCN(C)CCN(CC(O)CCCCCCCCCCCCCC)CC(O)CCCCCCCCCCCCCC)CC(O)CCCCCCCCCCCCCC. The Kier molecular flexibility index (Phi) is 68.5. The average Bonchev–Trinajstić information content (AvgIpc) is 2.52. The van der Waals surface area contributed by atoms with Gasteiger partial charge in [0.1, 0.15) is 0 Å². The molecular formula is C80H164N6O6. The number of likely N-dealkylation sites (N-methyl/N-ethyl adjacent to an activating group) is 4. The molecule has 12 nitrogen and oxygen atoms in total. The molecule has 92 heavy (non-hydrogen) atoms. The fraction of sp³-hybridized carbons (Fsp3) is 0.975. The van der Waals surface area contributed by atoms with Gasteiger partial charge in [-0.05, 0) is 39.8 Å². The third-order valence-electron chi connectivity index (χ3n) is 20.1. The van der Waals surface area contributed by atoms with Crippen LogP contribution in [0, 0.1) is 0 Å². The summed E-state index contributed by atoms with van der Waals surface area (Å²) in [6.07, 6.45) is 64.9. The molecule has 0 rings (SSSR count). The summed E-state index contributed by atoms with van der Waals surface area (Å²) in [5.41, 5.74) is 0. The van der Waals surface area contributed by atoms with Gasteiger partial charge in [0.15, 0.2) is 0 Å². The van der Waals surface area contributed by atoms with Crippen LogP contribution in [0.1, 0.15) is 374 Å². The molecule has 0 aliphatic rings. The van der Waals surface area contributed by atoms with Crippen molar-refractivity contribution in [2.24, 2.45) is 0 Å². The normalized spacial score (nSPS) is 13.3. The minimum Gasteiger partial charge on any atom is -0.392 e. The molecule has 0 heterocycles. The molecule has 0 spiro atoms. The third kappa shape index (κ3) is 63.4. The van der Waals surface area contributed by atoms with Gasteiger partial charge in [-0.15, -0.1) is 0 Å². The summed E-state index contributed by atoms with van der Waals surface area (Å²) in [6.45, 7) is 16.5. The van der Waals surface area contributed by atoms with Gasteiger partial charge in [0, 0.05) is 105 Å². The molecule has 0 aliphatic carbocycles. The van der Waals surface area contributed by atoms with Gasteiger partial charge in [0.05, 0.1) is 24.4 Å². The van der Waals surface area contributed by atoms with E-state index in [-0.39, 0.29) is 11.8 Å². The zero-order valence-corrected chi connectivity index (χ0v) is 63.3. The first-order valence-corrected chi connectivity index (χ1v) is 40.8. The first-order valence-electron chi connectivity index (χ1n) is 40.8. The average molecular weight is 1310 g/mol. The quantitative estimate of drug-likeness (QED) is 0.0436. The van der Waals surface area contributed by atoms with E-state index in [0.717, 1.165) is 77.5 Å². The maximum absolute atomic E-state index is 13.4. The smallest absolute Gasteiger partial charge is 0.223 e. The lowest BCUT2D eigenvalue weighted by Gasteiger charge is -2.30. The number of hydrogen-bond donors (Lipinski definition) is 4. The molecule has 0 saturated carbocycles. The summed E-state index contributed by atoms with van der Waals surface area (Å²) < 4.78 is 0. The molecule has 0 bridgehead atoms. The van der Waals surface area contributed by atoms with Crippen LogP contribution in [-0.4, -0.2) is 193 Å². The molecule has 4 unspecified atom stereocenters. The van der Waals surface area contributed by atoms with Crippen molar-refractivity contribution in [3.05, 3.63) is 0 Å². The Hall–Kier alpha value is -1.38. The molecule has 0 aromatic rings. The van der Waals surface area contributed by atoms with Crippen LogP contribution >= 0.6 is 0 Å². The highest BCUT2D eigenvalue weighted by Gasteiger charge is 2.20. The standard InChI is InChI=1S/C80H164N6O6/c1-9-13-17-21-25-29-33-37-41-45-49-53-57-75(87)71-85(72-76(88)58-54-50-46-42-38-34-30-26-22-18-14-10-2)69-65-81(5)63-61-79(91)83(7)67-68-84(8)80(92)62-64-82(6)66-70-86(73-77(89)59-55-51-47-43-39-35-31-27-23-19-15-11-3)74-78(90)60-56-52-48-44-40-36-32-28-24-20-16-12-4/h75-78,87-90H,9-74H2,1-8H3. The molecule has 0 aliphatic heterocycles. The second kappa shape index (κ2) is 69.5. The number of amides is 2. The van der Waals surface area contributed by atoms with Crippen LogP contribution in [0.15, 0.2) is 0 Å². The van der Waals surface area contributed by atoms with Gasteiger partial charge in [-0.25, -0.2) is 0 Å². The van der Waals surface area contributed by atoms with Crippen LogP contribution in [0.25, 0.3) is 0 Å². The number of nitrogens with zero attached hydrogens (tertiary/aromatic N) is 6. The largest absolute Gasteiger partial charge is 0.392 e. The van der Waals surface area contributed by atoms with Crippen molar-refractivity contribution in [3.8, 4) is 0 Å². The number of carbonyl (C=O) groups is 2. The molecule has 4 atom stereocenters. The number of hydrogen-bond acceptors (Lipinski definition) is 10. The lowest BCUT2D eigenvalue weighted by atomic mass is 10.0. The van der Waals surface area contributed by atoms with Crippen molar-refractivity contribution in [3.63, 3.8) is 0 Å². The maximum Gasteiger partial charge on any atom is 0.223 e. The van der Waals surface area contributed by atoms with Crippen molar-refractivity contribution in [2.75, 3.05) is 107 Å². The molecule has 2 amide bonds. The Bertz CT molecular complexity index is 1330. The molecule has 0 aromatic carbocycles. The van der Waals surface area contributed by atoms with Crippen LogP contribution in [0.3, 0.4) is 0 Å². The topological polar surface area (TPSA) is 134 Å². The minimum atomic E-state index is -0.409. The molecule has 0 fully saturated rings. The Morgan fingerprint density at radius 1 is 0.239 bits per heavy atom. The van der Waals surface area contributed by atoms with Crippen LogP contribution in [0.5, 0.6) is 0 Å². The summed E-state index contributed by atoms with van der Waals surface area (Å²) >= 11 is 0. The molecule has 4 N–H and O–H groups in total. The first-order chi connectivity index (χ1) is 44.8. The predicted molar refractivity (Wildman–Crippen MR) is 399 cm³/mol. The minimum absolute atomic E-state index is 0.0629. The molecular weight excluding hydrogens is 1140 g/mol. The van der Waals surface area contributed by atoms with Crippen LogP contribution in [-0.2, 0) is 9.59 Å². The van der Waals surface area contributed by atoms with Gasteiger partial charge in [-0.2, -0.15) is 0 Å². The number of carbonyl (C=O) groups excluding carboxylic acids is 2. The maximum atomic E-state index is 13.4. The summed E-state index contributed by atoms with van der Waals surface area (Å²) in [4.78, 5) is 39.3. The van der Waals surface area contributed by atoms with E-state index in [1.807, 2.05) is 14.1 Å². The van der Waals surface area contributed by atoms with E-state index < -0.39 is 24.4 Å². The highest BCUT2D eigenvalue weighted by Crippen LogP contribution is 2.19. The third-order valence-corrected chi connectivity index (χ3v) is 20.1. The van der Waals surface area contributed by atoms with Crippen molar-refractivity contribution >= 4 is 11.8 Å². The van der Waals surface area contributed by atoms with E-state index in [0.29, 0.717) is 65.2 Å². The number of aliphatic hydroxyl groups is 4. The van der Waals surface area contributed by atoms with Crippen molar-refractivity contribution in [1.29, 1.82) is 0 Å². The Morgan fingerprint density at radius 3 is 0.598 bits per heavy atom. The molecule has 0 radical (unpaired) electrons. The Labute approximate surface area is 574 Å². The lowest BCUT2D eigenvalue weighted by molar-refractivity contribution is -0.133. The highest BCUT2D eigenvalue weighted by molar-refractivity contribution is 5.77. The highest BCUT2D eigenvalue weighted by atomic mass is 16.3. The van der Waals surface area contributed by atoms with E-state index >= 15 is 0 Å². The molecule has 12 heteroatoms. The summed E-state index contributed by atoms with van der Waals surface area (Å²) in [6, 6.07) is 0. The van der Waals surface area contributed by atoms with Gasteiger partial charge in [0.25, 0.3) is 0 Å². The monoisotopic (exact) mass is 1310 g/mol. The van der Waals surface area contributed by atoms with E-state index in [1.165, 1.54) is 283 Å². The van der Waals surface area contributed by atoms with Crippen molar-refractivity contribution in [1.82, 2.24) is 29.4 Å². The number of rotatable bonds is 75. The van der Waals surface area contributed by atoms with Gasteiger partial charge in [-0.3, -0.25) is 19.4 Å². The van der Waals surface area contributed by atoms with Crippen LogP contribution in [0.4, 0.5) is 0 Å². The Morgan fingerprint density at radius 2 is 0.413 bits per heavy atom. The van der Waals surface area contributed by atoms with Gasteiger partial charge >= 0.3 is 0 Å². The first kappa shape index (κ1) is 90.6. The van der Waals surface area contributed by atoms with Gasteiger partial charge in [-0.1, -0.05) is 336 Å². The molecule has 0 aromatic heterocycles. The van der Waals surface area contributed by atoms with E-state index in [9.17, 15) is 30.0 Å². The summed E-state index contributed by atoms with van der Waals surface area (Å²) in [5, 5.41) is 45.0. The fourth-order valence-corrected chi connectivity index (χ4v) is 13.3. The molecule has 0 saturated heterocycles. The van der Waals surface area contributed by atoms with Crippen LogP contribution in [0.2, 0.25) is 0 Å². The Balaban J connectivity index is 5.06. The van der Waals surface area contributed by atoms with E-state index in [2.05, 4.69) is 61.4 Å². The lowest BCUT2D eigenvalue weighted by Crippen LogP contribution is -2.43. The molecule has 550 valence electrons. The number of unbranched alkanes of at least 4 members (excludes halogenated alkanes) is 44. The zero-order chi connectivity index (χ0) is 67.6. The second-order valence-electron chi connectivity index (χ2n) is 29.6. The zero-order valence-electron chi connectivity index (χ0n) is 63.3. The summed E-state index contributed by atoms with van der Waals surface area (Å²) in [5.74, 6) is 0.126. The van der Waals surface area contributed by atoms with Crippen molar-refractivity contribution < 1.29 is 30.0 Å². The predicted octanol–water partition coefficient (Wildman–Crippen LogP) is 19.0. The fourth-order valence-electron chi connectivity index (χ4n) is 13.3. The number of aliphatic hydroxyl groups excluding tert-OH is 4. The van der Waals surface area contributed by atoms with Gasteiger partial charge in [0.2, 0.25) is 11.8 Å². The summed E-state index contributed by atoms with van der Waals surface area (Å²) in [7, 11) is 7.80. The van der Waals surface area contributed by atoms with E-state index in [1.54, 1.807) is 9.80 Å². The van der Waals surface area contributed by atoms with E-state index in [4.69, 9.17) is 0 Å². The van der Waals surface area contributed by atoms with Gasteiger partial charge < -0.3 is 40.0 Å².